The number of rotatable bonds is 25. The van der Waals surface area contributed by atoms with Gasteiger partial charge in [0.15, 0.2) is 18.7 Å². The third-order valence-electron chi connectivity index (χ3n) is 10.4. The Labute approximate surface area is 347 Å². The van der Waals surface area contributed by atoms with Crippen LogP contribution in [0.2, 0.25) is 0 Å². The van der Waals surface area contributed by atoms with E-state index in [4.69, 9.17) is 42.6 Å². The Morgan fingerprint density at radius 2 is 1.37 bits per heavy atom. The number of ether oxygens (including phenoxy) is 9. The molecule has 0 radical (unpaired) electrons. The molecule has 0 spiro atoms. The van der Waals surface area contributed by atoms with Crippen molar-refractivity contribution < 1.29 is 108 Å². The lowest BCUT2D eigenvalue weighted by Gasteiger charge is -2.47. The highest BCUT2D eigenvalue weighted by atomic mass is 16.7. The van der Waals surface area contributed by atoms with Crippen LogP contribution >= 0.6 is 0 Å². The normalized spacial score (nSPS) is 36.9. The standard InChI is InChI=1S/C36H66N2O22/c1-16-22(38-17(2)40)31(26(46)20(13-39)57-16)59-36-30(50)28(48)32(53-4)33(60-36)34(51)37-8-10-55-12-11-54-9-6-5-7-18(41)23(43)24(44)19(42)14-56-35-29(49)27(47)25(45)21(58-35)15-52-3/h16,18-33,35-36,39,41-50H,5-15H2,1-4H3,(H,37,51)(H,38,40)/t16-,18?,19?,20?,21?,22?,23-,24-,25-,26-,27+,28-,29?,30?,31-,32+,33?,35+,36-/m1/s1. The smallest absolute Gasteiger partial charge is 0.252 e. The number of carbonyl (C=O) groups is 2. The molecule has 24 heteroatoms. The molecule has 3 heterocycles. The van der Waals surface area contributed by atoms with Gasteiger partial charge in [-0.2, -0.15) is 0 Å². The van der Waals surface area contributed by atoms with Gasteiger partial charge in [0.25, 0.3) is 5.91 Å². The van der Waals surface area contributed by atoms with Crippen LogP contribution < -0.4 is 10.6 Å². The molecule has 3 aliphatic heterocycles. The van der Waals surface area contributed by atoms with E-state index in [0.29, 0.717) is 12.8 Å². The van der Waals surface area contributed by atoms with Crippen molar-refractivity contribution >= 4 is 11.8 Å². The fraction of sp³-hybridized carbons (Fsp3) is 0.944. The van der Waals surface area contributed by atoms with Gasteiger partial charge in [0.2, 0.25) is 5.91 Å². The van der Waals surface area contributed by atoms with E-state index in [1.165, 1.54) is 21.1 Å². The van der Waals surface area contributed by atoms with Crippen molar-refractivity contribution in [3.63, 3.8) is 0 Å². The van der Waals surface area contributed by atoms with Crippen LogP contribution in [-0.4, -0.2) is 251 Å². The summed E-state index contributed by atoms with van der Waals surface area (Å²) in [6, 6.07) is -0.949. The number of aliphatic hydroxyl groups is 11. The molecule has 0 aromatic rings. The van der Waals surface area contributed by atoms with Crippen LogP contribution in [0.3, 0.4) is 0 Å². The van der Waals surface area contributed by atoms with Crippen LogP contribution in [0.15, 0.2) is 0 Å². The first-order chi connectivity index (χ1) is 28.5. The van der Waals surface area contributed by atoms with Gasteiger partial charge in [-0.1, -0.05) is 0 Å². The van der Waals surface area contributed by atoms with E-state index < -0.39 is 141 Å². The summed E-state index contributed by atoms with van der Waals surface area (Å²) in [5.74, 6) is -1.21. The molecule has 13 N–H and O–H groups in total. The summed E-state index contributed by atoms with van der Waals surface area (Å²) < 4.78 is 48.9. The van der Waals surface area contributed by atoms with Crippen molar-refractivity contribution in [1.29, 1.82) is 0 Å². The van der Waals surface area contributed by atoms with Crippen LogP contribution in [0.5, 0.6) is 0 Å². The predicted molar refractivity (Wildman–Crippen MR) is 198 cm³/mol. The van der Waals surface area contributed by atoms with Crippen molar-refractivity contribution in [3.8, 4) is 0 Å². The fourth-order valence-electron chi connectivity index (χ4n) is 6.96. The van der Waals surface area contributed by atoms with Gasteiger partial charge in [0.05, 0.1) is 57.9 Å². The maximum atomic E-state index is 13.1. The minimum Gasteiger partial charge on any atom is -0.394 e. The second kappa shape index (κ2) is 26.1. The second-order valence-electron chi connectivity index (χ2n) is 14.9. The Morgan fingerprint density at radius 1 is 0.717 bits per heavy atom. The van der Waals surface area contributed by atoms with Crippen LogP contribution in [0.1, 0.15) is 33.1 Å². The summed E-state index contributed by atoms with van der Waals surface area (Å²) in [6.07, 6.45) is -25.6. The highest BCUT2D eigenvalue weighted by Gasteiger charge is 2.52. The Kier molecular flexibility index (Phi) is 22.8. The molecule has 3 rings (SSSR count). The number of aliphatic hydroxyl groups excluding tert-OH is 11. The summed E-state index contributed by atoms with van der Waals surface area (Å²) >= 11 is 0. The molecule has 0 aromatic heterocycles. The van der Waals surface area contributed by atoms with Gasteiger partial charge in [-0.05, 0) is 26.2 Å². The largest absolute Gasteiger partial charge is 0.394 e. The Hall–Kier alpha value is -1.86. The average molecular weight is 879 g/mol. The molecule has 3 saturated heterocycles. The van der Waals surface area contributed by atoms with E-state index in [1.807, 2.05) is 0 Å². The number of unbranched alkanes of at least 4 members (excludes halogenated alkanes) is 1. The first-order valence-corrected chi connectivity index (χ1v) is 19.9. The zero-order valence-electron chi connectivity index (χ0n) is 34.2. The molecule has 24 nitrogen and oxygen atoms in total. The second-order valence-corrected chi connectivity index (χ2v) is 14.9. The molecule has 0 saturated carbocycles. The van der Waals surface area contributed by atoms with Crippen LogP contribution in [-0.2, 0) is 52.2 Å². The van der Waals surface area contributed by atoms with Gasteiger partial charge >= 0.3 is 0 Å². The van der Waals surface area contributed by atoms with Crippen molar-refractivity contribution in [1.82, 2.24) is 10.6 Å². The molecule has 19 atom stereocenters. The highest BCUT2D eigenvalue weighted by molar-refractivity contribution is 5.81. The van der Waals surface area contributed by atoms with Gasteiger partial charge in [-0.15, -0.1) is 0 Å². The topological polar surface area (TPSA) is 364 Å². The summed E-state index contributed by atoms with van der Waals surface area (Å²) in [4.78, 5) is 25.0. The molecule has 352 valence electrons. The van der Waals surface area contributed by atoms with Crippen LogP contribution in [0.25, 0.3) is 0 Å². The average Bonchev–Trinajstić information content (AvgIpc) is 3.22. The number of amides is 2. The van der Waals surface area contributed by atoms with Crippen molar-refractivity contribution in [2.75, 3.05) is 67.0 Å². The Balaban J connectivity index is 1.32. The van der Waals surface area contributed by atoms with Gasteiger partial charge in [-0.3, -0.25) is 9.59 Å². The molecule has 0 bridgehead atoms. The fourth-order valence-corrected chi connectivity index (χ4v) is 6.96. The zero-order chi connectivity index (χ0) is 44.7. The quantitative estimate of drug-likeness (QED) is 0.0379. The lowest BCUT2D eigenvalue weighted by molar-refractivity contribution is -0.325. The van der Waals surface area contributed by atoms with Gasteiger partial charge in [0, 0.05) is 34.3 Å². The number of hydrogen-bond acceptors (Lipinski definition) is 22. The molecule has 0 aromatic carbocycles. The zero-order valence-corrected chi connectivity index (χ0v) is 34.2. The minimum atomic E-state index is -1.83. The number of carbonyl (C=O) groups excluding carboxylic acids is 2. The maximum Gasteiger partial charge on any atom is 0.252 e. The van der Waals surface area contributed by atoms with Crippen molar-refractivity contribution in [2.24, 2.45) is 0 Å². The number of hydrogen-bond donors (Lipinski definition) is 13. The van der Waals surface area contributed by atoms with Gasteiger partial charge in [0.1, 0.15) is 79.4 Å². The molecule has 60 heavy (non-hydrogen) atoms. The van der Waals surface area contributed by atoms with Gasteiger partial charge < -0.3 is 109 Å². The molecule has 3 fully saturated rings. The van der Waals surface area contributed by atoms with Gasteiger partial charge in [-0.25, -0.2) is 0 Å². The van der Waals surface area contributed by atoms with E-state index in [0.717, 1.165) is 0 Å². The minimum absolute atomic E-state index is 0.00356. The number of methoxy groups -OCH3 is 2. The lowest BCUT2D eigenvalue weighted by atomic mass is 9.92. The van der Waals surface area contributed by atoms with E-state index in [2.05, 4.69) is 10.6 Å². The first-order valence-electron chi connectivity index (χ1n) is 19.9. The maximum absolute atomic E-state index is 13.1. The third-order valence-corrected chi connectivity index (χ3v) is 10.4. The SMILES string of the molecule is COCC1O[C@H](OCC(O)[C@@H](O)[C@H](O)C(O)CCCCOCCOCCNC(=O)C2O[C@@H](O[C@@H]3C(NC(C)=O)[C@@H](C)OC(CO)[C@H]3O)C(O)[C@@H](O)[C@@H]2OC)C(O)[C@@H](O)[C@@H]1O. The lowest BCUT2D eigenvalue weighted by Crippen LogP contribution is -2.68. The van der Waals surface area contributed by atoms with E-state index in [9.17, 15) is 65.8 Å². The molecule has 3 aliphatic rings. The summed E-state index contributed by atoms with van der Waals surface area (Å²) in [7, 11) is 2.55. The Bertz CT molecular complexity index is 1240. The predicted octanol–water partition coefficient (Wildman–Crippen LogP) is -7.29. The third kappa shape index (κ3) is 14.6. The summed E-state index contributed by atoms with van der Waals surface area (Å²) in [5.41, 5.74) is 0. The highest BCUT2D eigenvalue weighted by Crippen LogP contribution is 2.30. The molecular weight excluding hydrogens is 812 g/mol. The van der Waals surface area contributed by atoms with Crippen LogP contribution in [0.4, 0.5) is 0 Å². The van der Waals surface area contributed by atoms with Crippen LogP contribution in [0, 0.1) is 0 Å². The van der Waals surface area contributed by atoms with Crippen molar-refractivity contribution in [3.05, 3.63) is 0 Å². The Morgan fingerprint density at radius 3 is 2.00 bits per heavy atom. The molecular formula is C36H66N2O22. The monoisotopic (exact) mass is 878 g/mol. The summed E-state index contributed by atoms with van der Waals surface area (Å²) in [6.45, 7) is 2.12. The summed E-state index contributed by atoms with van der Waals surface area (Å²) in [5, 5.41) is 119. The molecule has 2 amide bonds. The molecule has 0 aliphatic carbocycles. The van der Waals surface area contributed by atoms with E-state index >= 15 is 0 Å². The first kappa shape index (κ1) is 52.5. The van der Waals surface area contributed by atoms with E-state index in [1.54, 1.807) is 6.92 Å². The van der Waals surface area contributed by atoms with Crippen molar-refractivity contribution in [2.45, 2.75) is 149 Å². The molecule has 8 unspecified atom stereocenters. The number of nitrogens with one attached hydrogen (secondary N) is 2. The van der Waals surface area contributed by atoms with E-state index in [-0.39, 0.29) is 46.0 Å².